The first-order chi connectivity index (χ1) is 6.05. The molecule has 0 bridgehead atoms. The molecule has 0 aromatic heterocycles. The smallest absolute Gasteiger partial charge is 0.324 e. The van der Waals surface area contributed by atoms with Crippen LogP contribution in [0.15, 0.2) is 0 Å². The Morgan fingerprint density at radius 2 is 2.15 bits per heavy atom. The number of carboxylic acid groups (broad SMARTS) is 1. The van der Waals surface area contributed by atoms with Crippen LogP contribution in [0.2, 0.25) is 0 Å². The van der Waals surface area contributed by atoms with Crippen LogP contribution in [-0.4, -0.2) is 11.1 Å². The van der Waals surface area contributed by atoms with Crippen LogP contribution in [0.5, 0.6) is 0 Å². The van der Waals surface area contributed by atoms with Crippen molar-refractivity contribution in [3.63, 3.8) is 0 Å². The van der Waals surface area contributed by atoms with Crippen molar-refractivity contribution < 1.29 is 9.90 Å². The van der Waals surface area contributed by atoms with Crippen molar-refractivity contribution in [2.45, 2.75) is 40.0 Å². The Balaban J connectivity index is 4.88. The molecule has 0 aliphatic carbocycles. The van der Waals surface area contributed by atoms with Gasteiger partial charge in [0.05, 0.1) is 6.07 Å². The fourth-order valence-electron chi connectivity index (χ4n) is 1.52. The SMILES string of the molecule is CCCC(C#N)(C(=O)O)C(C)CC. The van der Waals surface area contributed by atoms with Gasteiger partial charge < -0.3 is 5.11 Å². The summed E-state index contributed by atoms with van der Waals surface area (Å²) in [5.41, 5.74) is -1.18. The molecule has 0 saturated heterocycles. The first-order valence-electron chi connectivity index (χ1n) is 4.69. The zero-order chi connectivity index (χ0) is 10.5. The Hall–Kier alpha value is -1.04. The minimum absolute atomic E-state index is 0.0880. The first kappa shape index (κ1) is 12.0. The molecule has 2 unspecified atom stereocenters. The zero-order valence-electron chi connectivity index (χ0n) is 8.50. The predicted molar refractivity (Wildman–Crippen MR) is 50.0 cm³/mol. The largest absolute Gasteiger partial charge is 0.480 e. The molecule has 0 aliphatic rings. The van der Waals surface area contributed by atoms with Gasteiger partial charge in [-0.05, 0) is 12.3 Å². The molecule has 2 atom stereocenters. The highest BCUT2D eigenvalue weighted by Gasteiger charge is 2.42. The van der Waals surface area contributed by atoms with Gasteiger partial charge in [-0.25, -0.2) is 0 Å². The van der Waals surface area contributed by atoms with E-state index in [-0.39, 0.29) is 5.92 Å². The number of hydrogen-bond acceptors (Lipinski definition) is 2. The van der Waals surface area contributed by atoms with Crippen LogP contribution in [0.3, 0.4) is 0 Å². The summed E-state index contributed by atoms with van der Waals surface area (Å²) in [6, 6.07) is 1.97. The molecular weight excluding hydrogens is 166 g/mol. The molecule has 0 amide bonds. The zero-order valence-corrected chi connectivity index (χ0v) is 8.50. The average Bonchev–Trinajstić information content (AvgIpc) is 2.12. The van der Waals surface area contributed by atoms with E-state index in [2.05, 4.69) is 0 Å². The molecule has 0 aliphatic heterocycles. The van der Waals surface area contributed by atoms with E-state index in [1.165, 1.54) is 0 Å². The Morgan fingerprint density at radius 3 is 2.38 bits per heavy atom. The molecule has 0 fully saturated rings. The van der Waals surface area contributed by atoms with Crippen molar-refractivity contribution >= 4 is 5.97 Å². The van der Waals surface area contributed by atoms with Gasteiger partial charge in [-0.3, -0.25) is 4.79 Å². The van der Waals surface area contributed by atoms with E-state index >= 15 is 0 Å². The number of rotatable bonds is 5. The number of carbonyl (C=O) groups is 1. The van der Waals surface area contributed by atoms with Gasteiger partial charge in [0.15, 0.2) is 5.41 Å². The lowest BCUT2D eigenvalue weighted by Gasteiger charge is -2.27. The molecule has 3 heteroatoms. The van der Waals surface area contributed by atoms with E-state index in [0.717, 1.165) is 12.8 Å². The number of nitriles is 1. The second-order valence-corrected chi connectivity index (χ2v) is 3.45. The summed E-state index contributed by atoms with van der Waals surface area (Å²) in [4.78, 5) is 11.0. The lowest BCUT2D eigenvalue weighted by Crippen LogP contribution is -2.35. The molecule has 0 radical (unpaired) electrons. The average molecular weight is 183 g/mol. The van der Waals surface area contributed by atoms with Gasteiger partial charge in [0.1, 0.15) is 0 Å². The third kappa shape index (κ3) is 2.21. The second-order valence-electron chi connectivity index (χ2n) is 3.45. The summed E-state index contributed by atoms with van der Waals surface area (Å²) in [5.74, 6) is -1.07. The van der Waals surface area contributed by atoms with Gasteiger partial charge in [0.2, 0.25) is 0 Å². The maximum atomic E-state index is 11.0. The van der Waals surface area contributed by atoms with Crippen molar-refractivity contribution in [3.8, 4) is 6.07 Å². The predicted octanol–water partition coefficient (Wildman–Crippen LogP) is 2.43. The van der Waals surface area contributed by atoms with E-state index in [0.29, 0.717) is 6.42 Å². The first-order valence-corrected chi connectivity index (χ1v) is 4.69. The van der Waals surface area contributed by atoms with Crippen LogP contribution < -0.4 is 0 Å². The van der Waals surface area contributed by atoms with Crippen LogP contribution in [0.1, 0.15) is 40.0 Å². The fourth-order valence-corrected chi connectivity index (χ4v) is 1.52. The molecule has 74 valence electrons. The summed E-state index contributed by atoms with van der Waals surface area (Å²) in [5, 5.41) is 18.0. The molecular formula is C10H17NO2. The van der Waals surface area contributed by atoms with Crippen LogP contribution in [0, 0.1) is 22.7 Å². The topological polar surface area (TPSA) is 61.1 Å². The van der Waals surface area contributed by atoms with E-state index in [1.54, 1.807) is 0 Å². The second kappa shape index (κ2) is 4.86. The molecule has 13 heavy (non-hydrogen) atoms. The van der Waals surface area contributed by atoms with Crippen LogP contribution in [0.4, 0.5) is 0 Å². The minimum atomic E-state index is -1.18. The van der Waals surface area contributed by atoms with E-state index < -0.39 is 11.4 Å². The number of nitrogens with zero attached hydrogens (tertiary/aromatic N) is 1. The van der Waals surface area contributed by atoms with E-state index in [4.69, 9.17) is 10.4 Å². The number of hydrogen-bond donors (Lipinski definition) is 1. The lowest BCUT2D eigenvalue weighted by atomic mass is 9.73. The fraction of sp³-hybridized carbons (Fsp3) is 0.800. The van der Waals surface area contributed by atoms with Gasteiger partial charge in [-0.1, -0.05) is 33.6 Å². The summed E-state index contributed by atoms with van der Waals surface area (Å²) in [6.45, 7) is 5.64. The van der Waals surface area contributed by atoms with Crippen molar-refractivity contribution in [2.24, 2.45) is 11.3 Å². The number of carboxylic acids is 1. The third-order valence-corrected chi connectivity index (χ3v) is 2.68. The Labute approximate surface area is 79.4 Å². The summed E-state index contributed by atoms with van der Waals surface area (Å²) in [7, 11) is 0. The van der Waals surface area contributed by atoms with Crippen LogP contribution >= 0.6 is 0 Å². The summed E-state index contributed by atoms with van der Waals surface area (Å²) in [6.07, 6.45) is 1.89. The van der Waals surface area contributed by atoms with Crippen molar-refractivity contribution in [1.82, 2.24) is 0 Å². The normalized spacial score (nSPS) is 17.1. The lowest BCUT2D eigenvalue weighted by molar-refractivity contribution is -0.148. The summed E-state index contributed by atoms with van der Waals surface area (Å²) >= 11 is 0. The van der Waals surface area contributed by atoms with Gasteiger partial charge >= 0.3 is 5.97 Å². The summed E-state index contributed by atoms with van der Waals surface area (Å²) < 4.78 is 0. The van der Waals surface area contributed by atoms with Crippen LogP contribution in [-0.2, 0) is 4.79 Å². The molecule has 0 aromatic carbocycles. The Bertz CT molecular complexity index is 219. The Kier molecular flexibility index (Phi) is 4.47. The van der Waals surface area contributed by atoms with E-state index in [9.17, 15) is 4.79 Å². The van der Waals surface area contributed by atoms with Gasteiger partial charge in [-0.2, -0.15) is 5.26 Å². The van der Waals surface area contributed by atoms with Crippen molar-refractivity contribution in [1.29, 1.82) is 5.26 Å². The monoisotopic (exact) mass is 183 g/mol. The van der Waals surface area contributed by atoms with Crippen LogP contribution in [0.25, 0.3) is 0 Å². The van der Waals surface area contributed by atoms with Crippen molar-refractivity contribution in [3.05, 3.63) is 0 Å². The highest BCUT2D eigenvalue weighted by atomic mass is 16.4. The van der Waals surface area contributed by atoms with E-state index in [1.807, 2.05) is 26.8 Å². The quantitative estimate of drug-likeness (QED) is 0.712. The molecule has 1 N–H and O–H groups in total. The molecule has 0 heterocycles. The molecule has 0 aromatic rings. The highest BCUT2D eigenvalue weighted by Crippen LogP contribution is 2.34. The molecule has 0 rings (SSSR count). The maximum Gasteiger partial charge on any atom is 0.324 e. The van der Waals surface area contributed by atoms with Crippen molar-refractivity contribution in [2.75, 3.05) is 0 Å². The Morgan fingerprint density at radius 1 is 1.62 bits per heavy atom. The third-order valence-electron chi connectivity index (χ3n) is 2.68. The van der Waals surface area contributed by atoms with Gasteiger partial charge in [0, 0.05) is 0 Å². The van der Waals surface area contributed by atoms with Gasteiger partial charge in [-0.15, -0.1) is 0 Å². The number of aliphatic carboxylic acids is 1. The highest BCUT2D eigenvalue weighted by molar-refractivity contribution is 5.78. The molecule has 3 nitrogen and oxygen atoms in total. The standard InChI is InChI=1S/C10H17NO2/c1-4-6-10(7-11,9(12)13)8(3)5-2/h8H,4-6H2,1-3H3,(H,12,13). The molecule has 0 saturated carbocycles. The minimum Gasteiger partial charge on any atom is -0.480 e. The maximum absolute atomic E-state index is 11.0. The molecule has 0 spiro atoms. The van der Waals surface area contributed by atoms with Gasteiger partial charge in [0.25, 0.3) is 0 Å².